The van der Waals surface area contributed by atoms with Crippen molar-refractivity contribution >= 4 is 0 Å². The van der Waals surface area contributed by atoms with Crippen LogP contribution in [0.5, 0.6) is 0 Å². The first-order chi connectivity index (χ1) is 8.83. The minimum Gasteiger partial charge on any atom is -0.380 e. The summed E-state index contributed by atoms with van der Waals surface area (Å²) >= 11 is 0. The smallest absolute Gasteiger partial charge is 0.157 e. The molecular weight excluding hydrogens is 228 g/mol. The van der Waals surface area contributed by atoms with Crippen LogP contribution < -0.4 is 0 Å². The van der Waals surface area contributed by atoms with Crippen molar-refractivity contribution in [2.75, 3.05) is 13.2 Å². The molecule has 0 amide bonds. The minimum absolute atomic E-state index is 0.0217. The summed E-state index contributed by atoms with van der Waals surface area (Å²) in [5, 5.41) is 9.63. The summed E-state index contributed by atoms with van der Waals surface area (Å²) in [6.07, 6.45) is 7.49. The lowest BCUT2D eigenvalue weighted by Crippen LogP contribution is -2.22. The topological polar surface area (TPSA) is 38.7 Å². The molecule has 18 heavy (non-hydrogen) atoms. The van der Waals surface area contributed by atoms with Crippen LogP contribution in [0, 0.1) is 11.8 Å². The molecule has 0 aliphatic carbocycles. The van der Waals surface area contributed by atoms with E-state index in [1.54, 1.807) is 0 Å². The second kappa shape index (κ2) is 10.4. The van der Waals surface area contributed by atoms with Gasteiger partial charge >= 0.3 is 0 Å². The van der Waals surface area contributed by atoms with Gasteiger partial charge in [0.2, 0.25) is 0 Å². The summed E-state index contributed by atoms with van der Waals surface area (Å²) < 4.78 is 11.1. The molecule has 1 fully saturated rings. The summed E-state index contributed by atoms with van der Waals surface area (Å²) in [6.45, 7) is 3.61. The van der Waals surface area contributed by atoms with E-state index in [0.717, 1.165) is 45.1 Å². The van der Waals surface area contributed by atoms with Gasteiger partial charge in [-0.3, -0.25) is 0 Å². The van der Waals surface area contributed by atoms with Crippen molar-refractivity contribution < 1.29 is 14.6 Å². The van der Waals surface area contributed by atoms with Gasteiger partial charge in [-0.2, -0.15) is 0 Å². The van der Waals surface area contributed by atoms with Gasteiger partial charge < -0.3 is 14.6 Å². The first-order valence-electron chi connectivity index (χ1n) is 7.22. The molecule has 1 aliphatic heterocycles. The Morgan fingerprint density at radius 3 is 3.00 bits per heavy atom. The van der Waals surface area contributed by atoms with Gasteiger partial charge in [0, 0.05) is 19.6 Å². The van der Waals surface area contributed by atoms with Crippen LogP contribution in [0.1, 0.15) is 58.3 Å². The quantitative estimate of drug-likeness (QED) is 0.561. The molecule has 0 aromatic rings. The monoisotopic (exact) mass is 254 g/mol. The maximum atomic E-state index is 9.63. The maximum Gasteiger partial charge on any atom is 0.157 e. The number of ether oxygens (including phenoxy) is 2. The standard InChI is InChI=1S/C15H26O3/c1-2-3-4-5-9-14(16)10-8-13-18-15-11-6-7-12-17-15/h14-16H,2-4,6-8,10-13H2,1H3/t14-,15?/m1/s1. The lowest BCUT2D eigenvalue weighted by molar-refractivity contribution is -0.163. The van der Waals surface area contributed by atoms with E-state index in [1.807, 2.05) is 0 Å². The molecule has 0 radical (unpaired) electrons. The largest absolute Gasteiger partial charge is 0.380 e. The fraction of sp³-hybridized carbons (Fsp3) is 0.867. The van der Waals surface area contributed by atoms with Crippen molar-refractivity contribution in [1.82, 2.24) is 0 Å². The van der Waals surface area contributed by atoms with Crippen LogP contribution in [0.3, 0.4) is 0 Å². The Balaban J connectivity index is 1.96. The molecule has 0 spiro atoms. The molecule has 1 heterocycles. The van der Waals surface area contributed by atoms with Gasteiger partial charge in [-0.1, -0.05) is 19.3 Å². The van der Waals surface area contributed by atoms with E-state index in [2.05, 4.69) is 18.8 Å². The molecule has 1 rings (SSSR count). The Morgan fingerprint density at radius 2 is 2.28 bits per heavy atom. The summed E-state index contributed by atoms with van der Waals surface area (Å²) in [6, 6.07) is 0. The van der Waals surface area contributed by atoms with E-state index in [1.165, 1.54) is 6.42 Å². The van der Waals surface area contributed by atoms with Crippen molar-refractivity contribution in [2.45, 2.75) is 70.7 Å². The molecule has 2 atom stereocenters. The normalized spacial score (nSPS) is 21.1. The maximum absolute atomic E-state index is 9.63. The first kappa shape index (κ1) is 15.5. The van der Waals surface area contributed by atoms with E-state index < -0.39 is 6.10 Å². The van der Waals surface area contributed by atoms with Gasteiger partial charge in [0.15, 0.2) is 6.29 Å². The summed E-state index contributed by atoms with van der Waals surface area (Å²) in [5.74, 6) is 5.89. The van der Waals surface area contributed by atoms with Crippen LogP contribution in [0.4, 0.5) is 0 Å². The fourth-order valence-corrected chi connectivity index (χ4v) is 1.86. The van der Waals surface area contributed by atoms with Gasteiger partial charge in [0.25, 0.3) is 0 Å². The zero-order chi connectivity index (χ0) is 13.1. The molecule has 0 aromatic heterocycles. The molecule has 3 nitrogen and oxygen atoms in total. The van der Waals surface area contributed by atoms with Gasteiger partial charge in [-0.15, -0.1) is 5.92 Å². The number of unbranched alkanes of at least 4 members (excludes halogenated alkanes) is 2. The molecule has 1 N–H and O–H groups in total. The zero-order valence-corrected chi connectivity index (χ0v) is 11.5. The highest BCUT2D eigenvalue weighted by molar-refractivity contribution is 5.04. The van der Waals surface area contributed by atoms with Crippen LogP contribution in [0.25, 0.3) is 0 Å². The molecule has 0 aromatic carbocycles. The highest BCUT2D eigenvalue weighted by Crippen LogP contribution is 2.14. The third-order valence-corrected chi connectivity index (χ3v) is 2.99. The SMILES string of the molecule is CCCCC#C[C@@H](O)CCCOC1CCCCO1. The molecule has 0 bridgehead atoms. The summed E-state index contributed by atoms with van der Waals surface area (Å²) in [4.78, 5) is 0. The van der Waals surface area contributed by atoms with E-state index in [0.29, 0.717) is 13.0 Å². The average molecular weight is 254 g/mol. The second-order valence-corrected chi connectivity index (χ2v) is 4.75. The first-order valence-corrected chi connectivity index (χ1v) is 7.22. The van der Waals surface area contributed by atoms with Crippen molar-refractivity contribution in [3.8, 4) is 11.8 Å². The highest BCUT2D eigenvalue weighted by atomic mass is 16.7. The van der Waals surface area contributed by atoms with Crippen LogP contribution >= 0.6 is 0 Å². The van der Waals surface area contributed by atoms with Gasteiger partial charge in [-0.25, -0.2) is 0 Å². The third-order valence-electron chi connectivity index (χ3n) is 2.99. The van der Waals surface area contributed by atoms with Gasteiger partial charge in [0.1, 0.15) is 6.10 Å². The van der Waals surface area contributed by atoms with Gasteiger partial charge in [0.05, 0.1) is 0 Å². The summed E-state index contributed by atoms with van der Waals surface area (Å²) in [7, 11) is 0. The predicted octanol–water partition coefficient (Wildman–Crippen LogP) is 2.86. The molecule has 3 heteroatoms. The van der Waals surface area contributed by atoms with E-state index in [4.69, 9.17) is 9.47 Å². The predicted molar refractivity (Wildman–Crippen MR) is 72.1 cm³/mol. The Labute approximate surface area is 111 Å². The lowest BCUT2D eigenvalue weighted by atomic mass is 10.2. The van der Waals surface area contributed by atoms with E-state index >= 15 is 0 Å². The van der Waals surface area contributed by atoms with Crippen molar-refractivity contribution in [3.05, 3.63) is 0 Å². The number of hydrogen-bond donors (Lipinski definition) is 1. The molecule has 104 valence electrons. The third kappa shape index (κ3) is 7.71. The molecule has 1 aliphatic rings. The minimum atomic E-state index is -0.502. The molecular formula is C15H26O3. The van der Waals surface area contributed by atoms with Crippen LogP contribution in [0.15, 0.2) is 0 Å². The van der Waals surface area contributed by atoms with Crippen molar-refractivity contribution in [1.29, 1.82) is 0 Å². The zero-order valence-electron chi connectivity index (χ0n) is 11.5. The fourth-order valence-electron chi connectivity index (χ4n) is 1.86. The number of aliphatic hydroxyl groups excluding tert-OH is 1. The van der Waals surface area contributed by atoms with Gasteiger partial charge in [-0.05, 0) is 38.5 Å². The van der Waals surface area contributed by atoms with Crippen LogP contribution in [-0.2, 0) is 9.47 Å². The summed E-state index contributed by atoms with van der Waals surface area (Å²) in [5.41, 5.74) is 0. The molecule has 0 saturated carbocycles. The Bertz CT molecular complexity index is 248. The van der Waals surface area contributed by atoms with E-state index in [-0.39, 0.29) is 6.29 Å². The average Bonchev–Trinajstić information content (AvgIpc) is 2.41. The number of rotatable bonds is 7. The Hall–Kier alpha value is -0.560. The molecule has 1 unspecified atom stereocenters. The molecule has 1 saturated heterocycles. The Kier molecular flexibility index (Phi) is 8.93. The second-order valence-electron chi connectivity index (χ2n) is 4.75. The number of aliphatic hydroxyl groups is 1. The number of hydrogen-bond acceptors (Lipinski definition) is 3. The lowest BCUT2D eigenvalue weighted by Gasteiger charge is -2.22. The Morgan fingerprint density at radius 1 is 1.39 bits per heavy atom. The van der Waals surface area contributed by atoms with Crippen molar-refractivity contribution in [2.24, 2.45) is 0 Å². The van der Waals surface area contributed by atoms with Crippen LogP contribution in [-0.4, -0.2) is 30.7 Å². The highest BCUT2D eigenvalue weighted by Gasteiger charge is 2.13. The van der Waals surface area contributed by atoms with Crippen molar-refractivity contribution in [3.63, 3.8) is 0 Å². The van der Waals surface area contributed by atoms with E-state index in [9.17, 15) is 5.11 Å². The van der Waals surface area contributed by atoms with Crippen LogP contribution in [0.2, 0.25) is 0 Å².